The van der Waals surface area contributed by atoms with Crippen LogP contribution in [0.5, 0.6) is 0 Å². The standard InChI is InChI=1S/C37H46O2S4/c1-6-9-11-12-13-14-20-39-37(38)33-22-29-25(5)40-36(35(29)43-33)32-23-30-28(18-16-24(4)34(30)42-32)31-19-17-27(41-31)21-26(8-3)15-10-7-2/h16-19,22-23,26H,6-15,20-21H2,1-5H3. The van der Waals surface area contributed by atoms with Crippen molar-refractivity contribution in [1.29, 1.82) is 0 Å². The van der Waals surface area contributed by atoms with E-state index in [0.717, 1.165) is 23.6 Å². The number of carbonyl (C=O) groups is 1. The van der Waals surface area contributed by atoms with Gasteiger partial charge in [-0.1, -0.05) is 90.7 Å². The van der Waals surface area contributed by atoms with Crippen LogP contribution in [0.4, 0.5) is 0 Å². The summed E-state index contributed by atoms with van der Waals surface area (Å²) in [5.41, 5.74) is 2.67. The van der Waals surface area contributed by atoms with Gasteiger partial charge in [-0.3, -0.25) is 0 Å². The van der Waals surface area contributed by atoms with Crippen molar-refractivity contribution in [2.45, 2.75) is 105 Å². The quantitative estimate of drug-likeness (QED) is 0.0784. The van der Waals surface area contributed by atoms with Crippen LogP contribution >= 0.6 is 45.3 Å². The maximum Gasteiger partial charge on any atom is 0.348 e. The first-order valence-electron chi connectivity index (χ1n) is 16.3. The molecule has 0 fully saturated rings. The molecule has 43 heavy (non-hydrogen) atoms. The van der Waals surface area contributed by atoms with Gasteiger partial charge in [0.1, 0.15) is 4.88 Å². The molecule has 2 nitrogen and oxygen atoms in total. The van der Waals surface area contributed by atoms with Crippen molar-refractivity contribution in [3.8, 4) is 20.2 Å². The second-order valence-corrected chi connectivity index (χ2v) is 16.4. The van der Waals surface area contributed by atoms with Crippen LogP contribution in [0.1, 0.15) is 110 Å². The van der Waals surface area contributed by atoms with Gasteiger partial charge in [0.15, 0.2) is 0 Å². The van der Waals surface area contributed by atoms with Crippen molar-refractivity contribution in [1.82, 2.24) is 0 Å². The number of fused-ring (bicyclic) bond motifs is 2. The number of unbranched alkanes of at least 4 members (excludes halogenated alkanes) is 6. The topological polar surface area (TPSA) is 26.3 Å². The molecule has 4 aromatic heterocycles. The van der Waals surface area contributed by atoms with Crippen molar-refractivity contribution in [2.24, 2.45) is 5.92 Å². The molecule has 0 saturated carbocycles. The Morgan fingerprint density at radius 3 is 2.35 bits per heavy atom. The Morgan fingerprint density at radius 1 is 0.767 bits per heavy atom. The minimum absolute atomic E-state index is 0.173. The lowest BCUT2D eigenvalue weighted by Crippen LogP contribution is -2.04. The number of benzene rings is 1. The Balaban J connectivity index is 1.37. The monoisotopic (exact) mass is 650 g/mol. The third kappa shape index (κ3) is 7.64. The average Bonchev–Trinajstić information content (AvgIpc) is 3.80. The minimum atomic E-state index is -0.173. The fourth-order valence-electron chi connectivity index (χ4n) is 5.90. The van der Waals surface area contributed by atoms with E-state index in [4.69, 9.17) is 4.74 Å². The van der Waals surface area contributed by atoms with E-state index in [1.54, 1.807) is 11.3 Å². The second kappa shape index (κ2) is 15.3. The van der Waals surface area contributed by atoms with E-state index in [-0.39, 0.29) is 5.97 Å². The summed E-state index contributed by atoms with van der Waals surface area (Å²) in [6.07, 6.45) is 13.5. The summed E-state index contributed by atoms with van der Waals surface area (Å²) in [6.45, 7) is 11.8. The van der Waals surface area contributed by atoms with Gasteiger partial charge >= 0.3 is 5.97 Å². The summed E-state index contributed by atoms with van der Waals surface area (Å²) >= 11 is 7.32. The molecule has 0 aliphatic heterocycles. The Hall–Kier alpha value is -1.99. The van der Waals surface area contributed by atoms with Crippen LogP contribution < -0.4 is 0 Å². The zero-order valence-corrected chi connectivity index (χ0v) is 29.7. The Bertz CT molecular complexity index is 1650. The Morgan fingerprint density at radius 2 is 1.56 bits per heavy atom. The van der Waals surface area contributed by atoms with Gasteiger partial charge in [-0.2, -0.15) is 0 Å². The summed E-state index contributed by atoms with van der Waals surface area (Å²) in [4.78, 5) is 20.4. The molecule has 0 aliphatic rings. The van der Waals surface area contributed by atoms with Gasteiger partial charge in [-0.25, -0.2) is 4.79 Å². The number of thiophene rings is 4. The molecule has 230 valence electrons. The molecule has 0 amide bonds. The summed E-state index contributed by atoms with van der Waals surface area (Å²) in [6, 6.07) is 13.8. The first-order chi connectivity index (χ1) is 20.9. The molecule has 0 saturated heterocycles. The van der Waals surface area contributed by atoms with E-state index < -0.39 is 0 Å². The van der Waals surface area contributed by atoms with Crippen LogP contribution in [0, 0.1) is 19.8 Å². The molecule has 1 unspecified atom stereocenters. The van der Waals surface area contributed by atoms with E-state index >= 15 is 0 Å². The molecule has 0 aliphatic carbocycles. The number of rotatable bonds is 16. The zero-order chi connectivity index (χ0) is 30.3. The van der Waals surface area contributed by atoms with Crippen molar-refractivity contribution in [3.05, 3.63) is 56.6 Å². The lowest BCUT2D eigenvalue weighted by atomic mass is 9.95. The van der Waals surface area contributed by atoms with Gasteiger partial charge in [0.05, 0.1) is 16.2 Å². The molecule has 0 spiro atoms. The molecular weight excluding hydrogens is 605 g/mol. The first-order valence-corrected chi connectivity index (χ1v) is 19.5. The molecule has 5 rings (SSSR count). The second-order valence-electron chi connectivity index (χ2n) is 11.9. The maximum absolute atomic E-state index is 12.9. The number of carbonyl (C=O) groups excluding carboxylic acids is 1. The molecule has 0 bridgehead atoms. The molecule has 1 aromatic carbocycles. The van der Waals surface area contributed by atoms with Crippen LogP contribution in [0.15, 0.2) is 36.4 Å². The SMILES string of the molecule is CCCCCCCCOC(=O)c1cc2c(C)sc(-c3cc4c(-c5ccc(CC(CC)CCCC)s5)ccc(C)c4s3)c2s1. The number of hydrogen-bond donors (Lipinski definition) is 0. The van der Waals surface area contributed by atoms with Crippen molar-refractivity contribution in [2.75, 3.05) is 6.61 Å². The smallest absolute Gasteiger partial charge is 0.348 e. The zero-order valence-electron chi connectivity index (χ0n) is 26.5. The van der Waals surface area contributed by atoms with Gasteiger partial charge < -0.3 is 4.74 Å². The van der Waals surface area contributed by atoms with Crippen molar-refractivity contribution >= 4 is 71.5 Å². The number of aryl methyl sites for hydroxylation is 2. The number of esters is 1. The number of hydrogen-bond acceptors (Lipinski definition) is 6. The third-order valence-corrected chi connectivity index (χ3v) is 13.5. The van der Waals surface area contributed by atoms with Crippen LogP contribution in [0.25, 0.3) is 40.4 Å². The first kappa shape index (κ1) is 32.4. The van der Waals surface area contributed by atoms with E-state index in [1.807, 2.05) is 34.0 Å². The summed E-state index contributed by atoms with van der Waals surface area (Å²) in [5, 5.41) is 2.54. The van der Waals surface area contributed by atoms with Gasteiger partial charge in [0.25, 0.3) is 0 Å². The molecule has 4 heterocycles. The molecule has 6 heteroatoms. The molecular formula is C37H46O2S4. The number of ether oxygens (including phenoxy) is 1. The molecule has 1 atom stereocenters. The van der Waals surface area contributed by atoms with Gasteiger partial charge in [0, 0.05) is 40.5 Å². The highest BCUT2D eigenvalue weighted by Crippen LogP contribution is 2.49. The average molecular weight is 651 g/mol. The van der Waals surface area contributed by atoms with E-state index in [1.165, 1.54) is 113 Å². The van der Waals surface area contributed by atoms with E-state index in [9.17, 15) is 4.79 Å². The normalized spacial score (nSPS) is 12.5. The Kier molecular flexibility index (Phi) is 11.6. The van der Waals surface area contributed by atoms with Crippen LogP contribution in [0.3, 0.4) is 0 Å². The fraction of sp³-hybridized carbons (Fsp3) is 0.486. The lowest BCUT2D eigenvalue weighted by Gasteiger charge is -2.12. The Labute approximate surface area is 274 Å². The summed E-state index contributed by atoms with van der Waals surface area (Å²) < 4.78 is 8.26. The highest BCUT2D eigenvalue weighted by molar-refractivity contribution is 7.31. The predicted octanol–water partition coefficient (Wildman–Crippen LogP) is 13.5. The fourth-order valence-corrected chi connectivity index (χ4v) is 10.8. The highest BCUT2D eigenvalue weighted by Gasteiger charge is 2.21. The predicted molar refractivity (Wildman–Crippen MR) is 194 cm³/mol. The third-order valence-electron chi connectivity index (χ3n) is 8.57. The molecule has 5 aromatic rings. The van der Waals surface area contributed by atoms with Crippen molar-refractivity contribution in [3.63, 3.8) is 0 Å². The molecule has 0 radical (unpaired) electrons. The van der Waals surface area contributed by atoms with Gasteiger partial charge in [0.2, 0.25) is 0 Å². The summed E-state index contributed by atoms with van der Waals surface area (Å²) in [5.74, 6) is 0.610. The highest BCUT2D eigenvalue weighted by atomic mass is 32.1. The van der Waals surface area contributed by atoms with E-state index in [0.29, 0.717) is 6.61 Å². The van der Waals surface area contributed by atoms with Gasteiger partial charge in [-0.05, 0) is 62.4 Å². The lowest BCUT2D eigenvalue weighted by molar-refractivity contribution is 0.0503. The van der Waals surface area contributed by atoms with E-state index in [2.05, 4.69) is 71.0 Å². The van der Waals surface area contributed by atoms with Crippen LogP contribution in [0.2, 0.25) is 0 Å². The van der Waals surface area contributed by atoms with Crippen LogP contribution in [-0.2, 0) is 11.2 Å². The summed E-state index contributed by atoms with van der Waals surface area (Å²) in [7, 11) is 0. The van der Waals surface area contributed by atoms with Gasteiger partial charge in [-0.15, -0.1) is 45.3 Å². The van der Waals surface area contributed by atoms with Crippen molar-refractivity contribution < 1.29 is 9.53 Å². The minimum Gasteiger partial charge on any atom is -0.462 e. The largest absolute Gasteiger partial charge is 0.462 e. The van der Waals surface area contributed by atoms with Crippen LogP contribution in [-0.4, -0.2) is 12.6 Å². The molecule has 0 N–H and O–H groups in total. The maximum atomic E-state index is 12.9.